The van der Waals surface area contributed by atoms with E-state index in [-0.39, 0.29) is 12.6 Å². The Morgan fingerprint density at radius 2 is 0.702 bits per heavy atom. The predicted molar refractivity (Wildman–Crippen MR) is 227 cm³/mol. The fourth-order valence-corrected chi connectivity index (χ4v) is 11.5. The van der Waals surface area contributed by atoms with Crippen molar-refractivity contribution in [3.05, 3.63) is 0 Å². The predicted octanol–water partition coefficient (Wildman–Crippen LogP) is 11.6. The fourth-order valence-electron chi connectivity index (χ4n) is 11.5. The van der Waals surface area contributed by atoms with Gasteiger partial charge in [0.05, 0.1) is 50.8 Å². The van der Waals surface area contributed by atoms with Crippen molar-refractivity contribution in [3.8, 4) is 0 Å². The third-order valence-electron chi connectivity index (χ3n) is 16.0. The molecule has 2 saturated heterocycles. The molecule has 0 radical (unpaired) electrons. The van der Waals surface area contributed by atoms with Gasteiger partial charge in [-0.05, 0) is 164 Å². The molecule has 57 heavy (non-hydrogen) atoms. The SMILES string of the molecule is CC(OCCCCCCCCCOC(C)OC1CCC(C(C)(C)C2CCC(OCC3CO3)CC2)CC1)OC1CCC(C(C)(C)C2CCC(OCC3CO3)CC2)CC1. The molecule has 4 unspecified atom stereocenters. The van der Waals surface area contributed by atoms with Crippen LogP contribution >= 0.6 is 0 Å². The number of unbranched alkanes of at least 4 members (excludes halogenated alkanes) is 6. The maximum Gasteiger partial charge on any atom is 0.155 e. The van der Waals surface area contributed by atoms with E-state index in [0.717, 1.165) is 76.2 Å². The lowest BCUT2D eigenvalue weighted by Gasteiger charge is -2.46. The molecule has 0 aromatic rings. The monoisotopic (exact) mass is 805 g/mol. The zero-order valence-electron chi connectivity index (χ0n) is 37.7. The molecule has 8 heteroatoms. The molecule has 8 nitrogen and oxygen atoms in total. The number of epoxide rings is 2. The molecule has 2 heterocycles. The van der Waals surface area contributed by atoms with E-state index < -0.39 is 0 Å². The highest BCUT2D eigenvalue weighted by atomic mass is 16.7. The molecule has 0 aromatic carbocycles. The van der Waals surface area contributed by atoms with Crippen LogP contribution in [0.5, 0.6) is 0 Å². The van der Waals surface area contributed by atoms with E-state index in [1.165, 1.54) is 135 Å². The van der Waals surface area contributed by atoms with Gasteiger partial charge in [0.25, 0.3) is 0 Å². The molecule has 0 amide bonds. The first-order valence-electron chi connectivity index (χ1n) is 24.6. The molecule has 0 bridgehead atoms. The van der Waals surface area contributed by atoms with Crippen molar-refractivity contribution in [2.45, 2.75) is 238 Å². The molecule has 4 atom stereocenters. The summed E-state index contributed by atoms with van der Waals surface area (Å²) in [6.45, 7) is 19.4. The van der Waals surface area contributed by atoms with Crippen molar-refractivity contribution in [1.82, 2.24) is 0 Å². The minimum absolute atomic E-state index is 0.0989. The molecule has 6 fully saturated rings. The van der Waals surface area contributed by atoms with Crippen LogP contribution in [0.15, 0.2) is 0 Å². The topological polar surface area (TPSA) is 80.4 Å². The number of ether oxygens (including phenoxy) is 8. The average molecular weight is 805 g/mol. The summed E-state index contributed by atoms with van der Waals surface area (Å²) in [5.41, 5.74) is 0.802. The zero-order chi connectivity index (χ0) is 40.1. The molecular formula is C49H88O8. The molecule has 0 aromatic heterocycles. The minimum Gasteiger partial charge on any atom is -0.375 e. The highest BCUT2D eigenvalue weighted by molar-refractivity contribution is 4.93. The second-order valence-corrected chi connectivity index (χ2v) is 20.7. The van der Waals surface area contributed by atoms with E-state index in [1.54, 1.807) is 0 Å². The molecule has 0 N–H and O–H groups in total. The molecule has 4 saturated carbocycles. The van der Waals surface area contributed by atoms with Gasteiger partial charge >= 0.3 is 0 Å². The first-order chi connectivity index (χ1) is 27.6. The van der Waals surface area contributed by atoms with Gasteiger partial charge in [-0.25, -0.2) is 0 Å². The fraction of sp³-hybridized carbons (Fsp3) is 1.00. The van der Waals surface area contributed by atoms with Crippen LogP contribution in [0.25, 0.3) is 0 Å². The van der Waals surface area contributed by atoms with Crippen LogP contribution in [-0.2, 0) is 37.9 Å². The van der Waals surface area contributed by atoms with E-state index in [9.17, 15) is 0 Å². The summed E-state index contributed by atoms with van der Waals surface area (Å²) in [5.74, 6) is 3.23. The summed E-state index contributed by atoms with van der Waals surface area (Å²) in [4.78, 5) is 0. The first-order valence-corrected chi connectivity index (χ1v) is 24.6. The lowest BCUT2D eigenvalue weighted by Crippen LogP contribution is -2.39. The van der Waals surface area contributed by atoms with Gasteiger partial charge in [-0.2, -0.15) is 0 Å². The standard InChI is InChI=1S/C49H88O8/c1-36(56-44-26-18-40(19-27-44)48(3,4)38-14-22-42(23-15-38)52-32-46-34-54-46)50-30-12-10-8-7-9-11-13-31-51-37(2)57-45-28-20-41(21-29-45)49(5,6)39-16-24-43(25-17-39)53-33-47-35-55-47/h36-47H,7-35H2,1-6H3. The van der Waals surface area contributed by atoms with Gasteiger partial charge < -0.3 is 37.9 Å². The van der Waals surface area contributed by atoms with Crippen molar-refractivity contribution in [3.63, 3.8) is 0 Å². The molecule has 0 spiro atoms. The number of rotatable bonds is 26. The normalized spacial score (nSPS) is 34.8. The smallest absolute Gasteiger partial charge is 0.155 e. The summed E-state index contributed by atoms with van der Waals surface area (Å²) in [5, 5.41) is 0. The third kappa shape index (κ3) is 15.5. The highest BCUT2D eigenvalue weighted by Gasteiger charge is 2.43. The van der Waals surface area contributed by atoms with Gasteiger partial charge in [0, 0.05) is 13.2 Å². The van der Waals surface area contributed by atoms with Crippen LogP contribution in [0.3, 0.4) is 0 Å². The van der Waals surface area contributed by atoms with E-state index in [2.05, 4.69) is 41.5 Å². The van der Waals surface area contributed by atoms with Crippen molar-refractivity contribution in [2.75, 3.05) is 39.6 Å². The van der Waals surface area contributed by atoms with Crippen LogP contribution in [0, 0.1) is 34.5 Å². The Morgan fingerprint density at radius 1 is 0.421 bits per heavy atom. The summed E-state index contributed by atoms with van der Waals surface area (Å²) in [6.07, 6.45) is 30.7. The van der Waals surface area contributed by atoms with E-state index >= 15 is 0 Å². The van der Waals surface area contributed by atoms with Crippen LogP contribution in [-0.4, -0.2) is 88.8 Å². The second kappa shape index (κ2) is 23.2. The summed E-state index contributed by atoms with van der Waals surface area (Å²) >= 11 is 0. The molecular weight excluding hydrogens is 717 g/mol. The van der Waals surface area contributed by atoms with Gasteiger partial charge in [0.2, 0.25) is 0 Å². The molecule has 6 aliphatic rings. The van der Waals surface area contributed by atoms with E-state index in [0.29, 0.717) is 47.5 Å². The Labute approximate surface area is 349 Å². The number of hydrogen-bond donors (Lipinski definition) is 0. The van der Waals surface area contributed by atoms with Gasteiger partial charge in [-0.3, -0.25) is 0 Å². The van der Waals surface area contributed by atoms with Crippen molar-refractivity contribution < 1.29 is 37.9 Å². The van der Waals surface area contributed by atoms with Crippen LogP contribution in [0.1, 0.15) is 189 Å². The Kier molecular flexibility index (Phi) is 18.8. The quantitative estimate of drug-likeness (QED) is 0.0486. The lowest BCUT2D eigenvalue weighted by atomic mass is 9.60. The Morgan fingerprint density at radius 3 is 1.00 bits per heavy atom. The van der Waals surface area contributed by atoms with Gasteiger partial charge in [0.1, 0.15) is 12.2 Å². The minimum atomic E-state index is -0.0989. The van der Waals surface area contributed by atoms with Crippen molar-refractivity contribution >= 4 is 0 Å². The maximum atomic E-state index is 6.38. The van der Waals surface area contributed by atoms with Crippen molar-refractivity contribution in [2.24, 2.45) is 34.5 Å². The molecule has 4 aliphatic carbocycles. The van der Waals surface area contributed by atoms with Crippen molar-refractivity contribution in [1.29, 1.82) is 0 Å². The van der Waals surface area contributed by atoms with Crippen LogP contribution in [0.2, 0.25) is 0 Å². The summed E-state index contributed by atoms with van der Waals surface area (Å²) in [6, 6.07) is 0. The third-order valence-corrected chi connectivity index (χ3v) is 16.0. The van der Waals surface area contributed by atoms with Gasteiger partial charge in [0.15, 0.2) is 12.6 Å². The first kappa shape index (κ1) is 46.2. The molecule has 332 valence electrons. The number of hydrogen-bond acceptors (Lipinski definition) is 8. The van der Waals surface area contributed by atoms with E-state index in [1.807, 2.05) is 0 Å². The van der Waals surface area contributed by atoms with E-state index in [4.69, 9.17) is 37.9 Å². The second-order valence-electron chi connectivity index (χ2n) is 20.7. The summed E-state index contributed by atoms with van der Waals surface area (Å²) in [7, 11) is 0. The Hall–Kier alpha value is -0.320. The highest BCUT2D eigenvalue weighted by Crippen LogP contribution is 2.50. The molecule has 2 aliphatic heterocycles. The zero-order valence-corrected chi connectivity index (χ0v) is 37.7. The average Bonchev–Trinajstić information content (AvgIpc) is 4.16. The largest absolute Gasteiger partial charge is 0.375 e. The Bertz CT molecular complexity index is 991. The Balaban J connectivity index is 0.701. The van der Waals surface area contributed by atoms with Gasteiger partial charge in [-0.1, -0.05) is 59.8 Å². The van der Waals surface area contributed by atoms with Gasteiger partial charge in [-0.15, -0.1) is 0 Å². The molecule has 6 rings (SSSR count). The maximum absolute atomic E-state index is 6.38. The lowest BCUT2D eigenvalue weighted by molar-refractivity contribution is -0.171. The van der Waals surface area contributed by atoms with Crippen LogP contribution < -0.4 is 0 Å². The summed E-state index contributed by atoms with van der Waals surface area (Å²) < 4.78 is 47.9. The van der Waals surface area contributed by atoms with Crippen LogP contribution in [0.4, 0.5) is 0 Å².